The minimum atomic E-state index is -0.0815. The summed E-state index contributed by atoms with van der Waals surface area (Å²) >= 11 is 0. The van der Waals surface area contributed by atoms with E-state index in [9.17, 15) is 4.79 Å². The third kappa shape index (κ3) is 2.92. The Hall–Kier alpha value is -2.96. The Balaban J connectivity index is 1.66. The average Bonchev–Trinajstić information content (AvgIpc) is 3.29. The average molecular weight is 324 g/mol. The van der Waals surface area contributed by atoms with Crippen LogP contribution in [0.2, 0.25) is 0 Å². The highest BCUT2D eigenvalue weighted by Crippen LogP contribution is 2.29. The maximum atomic E-state index is 11.9. The Kier molecular flexibility index (Phi) is 3.60. The lowest BCUT2D eigenvalue weighted by Gasteiger charge is -2.05. The molecule has 0 radical (unpaired) electrons. The first-order valence-electron chi connectivity index (χ1n) is 7.79. The van der Waals surface area contributed by atoms with Gasteiger partial charge in [-0.2, -0.15) is 4.98 Å². The summed E-state index contributed by atoms with van der Waals surface area (Å²) in [4.78, 5) is 20.6. The van der Waals surface area contributed by atoms with Gasteiger partial charge in [0.25, 0.3) is 5.89 Å². The van der Waals surface area contributed by atoms with E-state index < -0.39 is 0 Å². The Morgan fingerprint density at radius 2 is 2.17 bits per heavy atom. The van der Waals surface area contributed by atoms with Crippen LogP contribution in [0, 0.1) is 0 Å². The van der Waals surface area contributed by atoms with Gasteiger partial charge in [-0.3, -0.25) is 4.79 Å². The van der Waals surface area contributed by atoms with E-state index in [0.29, 0.717) is 23.6 Å². The number of benzene rings is 1. The molecular formula is C17H16N4O3. The van der Waals surface area contributed by atoms with Crippen LogP contribution in [-0.2, 0) is 11.2 Å². The van der Waals surface area contributed by atoms with Crippen LogP contribution in [0.1, 0.15) is 18.7 Å². The van der Waals surface area contributed by atoms with Gasteiger partial charge in [0.1, 0.15) is 0 Å². The third-order valence-corrected chi connectivity index (χ3v) is 3.86. The maximum absolute atomic E-state index is 11.9. The number of rotatable bonds is 5. The molecule has 7 heteroatoms. The van der Waals surface area contributed by atoms with Gasteiger partial charge in [-0.25, -0.2) is 4.98 Å². The summed E-state index contributed by atoms with van der Waals surface area (Å²) in [6, 6.07) is 9.71. The van der Waals surface area contributed by atoms with Gasteiger partial charge < -0.3 is 14.6 Å². The van der Waals surface area contributed by atoms with Gasteiger partial charge >= 0.3 is 0 Å². The molecule has 0 saturated heterocycles. The number of ether oxygens (including phenoxy) is 1. The lowest BCUT2D eigenvalue weighted by Crippen LogP contribution is -2.27. The zero-order chi connectivity index (χ0) is 16.5. The van der Waals surface area contributed by atoms with Crippen LogP contribution < -0.4 is 10.1 Å². The van der Waals surface area contributed by atoms with Crippen molar-refractivity contribution in [1.82, 2.24) is 20.4 Å². The smallest absolute Gasteiger partial charge is 0.258 e. The van der Waals surface area contributed by atoms with Gasteiger partial charge in [0.15, 0.2) is 5.82 Å². The molecule has 1 amide bonds. The van der Waals surface area contributed by atoms with E-state index in [1.807, 2.05) is 24.3 Å². The second-order valence-electron chi connectivity index (χ2n) is 5.76. The summed E-state index contributed by atoms with van der Waals surface area (Å²) in [6.45, 7) is 0. The van der Waals surface area contributed by atoms with Crippen molar-refractivity contribution in [3.05, 3.63) is 36.2 Å². The highest BCUT2D eigenvalue weighted by Gasteiger charge is 2.24. The number of pyridine rings is 1. The number of aromatic nitrogens is 3. The first-order chi connectivity index (χ1) is 11.7. The molecule has 0 atom stereocenters. The van der Waals surface area contributed by atoms with Gasteiger partial charge in [0, 0.05) is 17.5 Å². The van der Waals surface area contributed by atoms with Crippen molar-refractivity contribution < 1.29 is 14.1 Å². The number of nitrogens with one attached hydrogen (secondary N) is 1. The fourth-order valence-corrected chi connectivity index (χ4v) is 2.52. The monoisotopic (exact) mass is 324 g/mol. The Morgan fingerprint density at radius 3 is 2.96 bits per heavy atom. The van der Waals surface area contributed by atoms with Crippen LogP contribution >= 0.6 is 0 Å². The van der Waals surface area contributed by atoms with Crippen LogP contribution in [0.3, 0.4) is 0 Å². The van der Waals surface area contributed by atoms with Gasteiger partial charge in [0.05, 0.1) is 24.6 Å². The highest BCUT2D eigenvalue weighted by atomic mass is 16.5. The second-order valence-corrected chi connectivity index (χ2v) is 5.76. The SMILES string of the molecule is COc1cc(-c2nc(CC(=O)NC3CC3)no2)c2ccccc2n1. The van der Waals surface area contributed by atoms with E-state index in [2.05, 4.69) is 20.4 Å². The minimum Gasteiger partial charge on any atom is -0.481 e. The Morgan fingerprint density at radius 1 is 1.33 bits per heavy atom. The molecule has 24 heavy (non-hydrogen) atoms. The number of nitrogens with zero attached hydrogens (tertiary/aromatic N) is 3. The molecule has 4 rings (SSSR count). The maximum Gasteiger partial charge on any atom is 0.258 e. The summed E-state index contributed by atoms with van der Waals surface area (Å²) in [6.07, 6.45) is 2.21. The molecule has 0 bridgehead atoms. The lowest BCUT2D eigenvalue weighted by molar-refractivity contribution is -0.120. The molecule has 1 aliphatic rings. The van der Waals surface area contributed by atoms with Crippen molar-refractivity contribution in [1.29, 1.82) is 0 Å². The largest absolute Gasteiger partial charge is 0.481 e. The van der Waals surface area contributed by atoms with Crippen molar-refractivity contribution in [2.24, 2.45) is 0 Å². The molecule has 1 fully saturated rings. The molecule has 1 aromatic carbocycles. The highest BCUT2D eigenvalue weighted by molar-refractivity contribution is 5.93. The topological polar surface area (TPSA) is 90.1 Å². The van der Waals surface area contributed by atoms with Crippen molar-refractivity contribution in [2.75, 3.05) is 7.11 Å². The quantitative estimate of drug-likeness (QED) is 0.773. The number of fused-ring (bicyclic) bond motifs is 1. The standard InChI is InChI=1S/C17H16N4O3/c1-23-16-8-12(11-4-2-3-5-13(11)19-16)17-20-14(21-24-17)9-15(22)18-10-6-7-10/h2-5,8,10H,6-7,9H2,1H3,(H,18,22). The number of hydrogen-bond donors (Lipinski definition) is 1. The van der Waals surface area contributed by atoms with E-state index in [1.165, 1.54) is 0 Å². The number of carbonyl (C=O) groups is 1. The van der Waals surface area contributed by atoms with E-state index in [0.717, 1.165) is 29.3 Å². The first-order valence-corrected chi connectivity index (χ1v) is 7.79. The van der Waals surface area contributed by atoms with Crippen molar-refractivity contribution in [2.45, 2.75) is 25.3 Å². The molecule has 0 spiro atoms. The van der Waals surface area contributed by atoms with Crippen LogP contribution in [-0.4, -0.2) is 34.2 Å². The van der Waals surface area contributed by atoms with E-state index in [4.69, 9.17) is 9.26 Å². The summed E-state index contributed by atoms with van der Waals surface area (Å²) in [7, 11) is 1.56. The predicted octanol–water partition coefficient (Wildman–Crippen LogP) is 2.11. The second kappa shape index (κ2) is 5.92. The Labute approximate surface area is 138 Å². The summed E-state index contributed by atoms with van der Waals surface area (Å²) in [5.41, 5.74) is 1.51. The molecule has 1 N–H and O–H groups in total. The molecule has 2 heterocycles. The van der Waals surface area contributed by atoms with Crippen LogP contribution in [0.25, 0.3) is 22.4 Å². The van der Waals surface area contributed by atoms with Crippen LogP contribution in [0.15, 0.2) is 34.9 Å². The van der Waals surface area contributed by atoms with E-state index >= 15 is 0 Å². The van der Waals surface area contributed by atoms with Gasteiger partial charge in [0.2, 0.25) is 11.8 Å². The van der Waals surface area contributed by atoms with Crippen molar-refractivity contribution >= 4 is 16.8 Å². The Bertz CT molecular complexity index is 902. The normalized spacial score (nSPS) is 13.9. The molecule has 1 saturated carbocycles. The van der Waals surface area contributed by atoms with Crippen LogP contribution in [0.4, 0.5) is 0 Å². The predicted molar refractivity (Wildman–Crippen MR) is 86.5 cm³/mol. The van der Waals surface area contributed by atoms with Gasteiger partial charge in [-0.15, -0.1) is 0 Å². The molecule has 2 aromatic heterocycles. The van der Waals surface area contributed by atoms with Crippen molar-refractivity contribution in [3.8, 4) is 17.3 Å². The molecular weight excluding hydrogens is 308 g/mol. The summed E-state index contributed by atoms with van der Waals surface area (Å²) in [5, 5.41) is 7.71. The number of methoxy groups -OCH3 is 1. The number of carbonyl (C=O) groups excluding carboxylic acids is 1. The number of para-hydroxylation sites is 1. The van der Waals surface area contributed by atoms with E-state index in [1.54, 1.807) is 13.2 Å². The third-order valence-electron chi connectivity index (χ3n) is 3.86. The first kappa shape index (κ1) is 14.6. The molecule has 122 valence electrons. The lowest BCUT2D eigenvalue weighted by atomic mass is 10.1. The van der Waals surface area contributed by atoms with E-state index in [-0.39, 0.29) is 12.3 Å². The summed E-state index contributed by atoms with van der Waals surface area (Å²) in [5.74, 6) is 1.10. The van der Waals surface area contributed by atoms with Crippen LogP contribution in [0.5, 0.6) is 5.88 Å². The zero-order valence-electron chi connectivity index (χ0n) is 13.2. The summed E-state index contributed by atoms with van der Waals surface area (Å²) < 4.78 is 10.6. The molecule has 1 aliphatic carbocycles. The molecule has 3 aromatic rings. The molecule has 0 unspecified atom stereocenters. The zero-order valence-corrected chi connectivity index (χ0v) is 13.2. The molecule has 7 nitrogen and oxygen atoms in total. The molecule has 0 aliphatic heterocycles. The fraction of sp³-hybridized carbons (Fsp3) is 0.294. The number of hydrogen-bond acceptors (Lipinski definition) is 6. The van der Waals surface area contributed by atoms with Gasteiger partial charge in [-0.05, 0) is 18.9 Å². The number of amides is 1. The fourth-order valence-electron chi connectivity index (χ4n) is 2.52. The van der Waals surface area contributed by atoms with Gasteiger partial charge in [-0.1, -0.05) is 23.4 Å². The minimum absolute atomic E-state index is 0.0815. The van der Waals surface area contributed by atoms with Crippen molar-refractivity contribution in [3.63, 3.8) is 0 Å².